The van der Waals surface area contributed by atoms with Crippen LogP contribution in [-0.2, 0) is 7.05 Å². The largest absolute Gasteiger partial charge is 0.310 e. The van der Waals surface area contributed by atoms with Crippen molar-refractivity contribution in [1.29, 1.82) is 5.26 Å². The van der Waals surface area contributed by atoms with Crippen LogP contribution in [0, 0.1) is 17.4 Å². The molecule has 3 aromatic rings. The first-order valence-corrected chi connectivity index (χ1v) is 9.00. The van der Waals surface area contributed by atoms with Crippen LogP contribution in [0.1, 0.15) is 18.5 Å². The van der Waals surface area contributed by atoms with Gasteiger partial charge in [0, 0.05) is 37.3 Å². The lowest BCUT2D eigenvalue weighted by atomic mass is 9.94. The van der Waals surface area contributed by atoms with Gasteiger partial charge in [0.2, 0.25) is 0 Å². The lowest BCUT2D eigenvalue weighted by molar-refractivity contribution is 0.465. The molecule has 1 fully saturated rings. The predicted octanol–water partition coefficient (Wildman–Crippen LogP) is 4.27. The normalized spacial score (nSPS) is 19.5. The molecule has 4 nitrogen and oxygen atoms in total. The minimum absolute atomic E-state index is 0.346. The fourth-order valence-electron chi connectivity index (χ4n) is 3.89. The number of benzene rings is 2. The van der Waals surface area contributed by atoms with Crippen molar-refractivity contribution in [1.82, 2.24) is 14.7 Å². The van der Waals surface area contributed by atoms with Crippen molar-refractivity contribution in [3.8, 4) is 28.6 Å². The monoisotopic (exact) mass is 342 g/mol. The number of nitrogens with zero attached hydrogens (tertiary/aromatic N) is 4. The Kier molecular flexibility index (Phi) is 4.22. The number of nitriles is 1. The van der Waals surface area contributed by atoms with Crippen LogP contribution in [0.2, 0.25) is 0 Å². The number of likely N-dealkylation sites (tertiary alicyclic amines) is 1. The van der Waals surface area contributed by atoms with Gasteiger partial charge in [-0.1, -0.05) is 55.5 Å². The molecule has 2 heterocycles. The van der Waals surface area contributed by atoms with E-state index in [1.54, 1.807) is 0 Å². The summed E-state index contributed by atoms with van der Waals surface area (Å²) in [4.78, 5) is 1.85. The Morgan fingerprint density at radius 2 is 1.69 bits per heavy atom. The molecule has 0 amide bonds. The molecule has 4 rings (SSSR count). The van der Waals surface area contributed by atoms with Crippen LogP contribution >= 0.6 is 0 Å². The van der Waals surface area contributed by atoms with Crippen LogP contribution in [0.25, 0.3) is 22.4 Å². The standard InChI is InChI=1S/C22H22N4/c1-16-13-26(15-23)14-20(16)22-12-21(24-25(22)2)19-10-6-9-18(11-19)17-7-4-3-5-8-17/h3-12,16,20H,13-14H2,1-2H3/t16-,20-/m1/s1. The summed E-state index contributed by atoms with van der Waals surface area (Å²) in [6, 6.07) is 21.1. The van der Waals surface area contributed by atoms with Crippen LogP contribution in [0.15, 0.2) is 60.7 Å². The first-order chi connectivity index (χ1) is 12.7. The summed E-state index contributed by atoms with van der Waals surface area (Å²) in [5, 5.41) is 14.0. The van der Waals surface area contributed by atoms with Gasteiger partial charge in [-0.25, -0.2) is 0 Å². The third kappa shape index (κ3) is 2.97. The van der Waals surface area contributed by atoms with Gasteiger partial charge in [0.05, 0.1) is 5.69 Å². The molecular weight excluding hydrogens is 320 g/mol. The highest BCUT2D eigenvalue weighted by molar-refractivity contribution is 5.71. The molecule has 0 saturated carbocycles. The van der Waals surface area contributed by atoms with Gasteiger partial charge in [-0.05, 0) is 29.2 Å². The smallest absolute Gasteiger partial charge is 0.179 e. The molecule has 0 bridgehead atoms. The van der Waals surface area contributed by atoms with Gasteiger partial charge in [0.1, 0.15) is 0 Å². The first-order valence-electron chi connectivity index (χ1n) is 9.00. The topological polar surface area (TPSA) is 44.9 Å². The van der Waals surface area contributed by atoms with E-state index >= 15 is 0 Å². The van der Waals surface area contributed by atoms with Crippen LogP contribution in [0.5, 0.6) is 0 Å². The summed E-state index contributed by atoms with van der Waals surface area (Å²) in [5.41, 5.74) is 5.72. The summed E-state index contributed by atoms with van der Waals surface area (Å²) in [6.07, 6.45) is 2.28. The SMILES string of the molecule is C[C@@H]1CN(C#N)C[C@H]1c1cc(-c2cccc(-c3ccccc3)c2)nn1C. The van der Waals surface area contributed by atoms with Crippen molar-refractivity contribution in [2.45, 2.75) is 12.8 Å². The Balaban J connectivity index is 1.67. The number of aryl methyl sites for hydroxylation is 1. The molecule has 1 aliphatic rings. The Hall–Kier alpha value is -3.06. The van der Waals surface area contributed by atoms with Gasteiger partial charge in [0.25, 0.3) is 0 Å². The second kappa shape index (κ2) is 6.68. The average Bonchev–Trinajstić information content (AvgIpc) is 3.25. The fourth-order valence-corrected chi connectivity index (χ4v) is 3.89. The van der Waals surface area contributed by atoms with Gasteiger partial charge in [-0.3, -0.25) is 4.68 Å². The van der Waals surface area contributed by atoms with Crippen molar-refractivity contribution >= 4 is 0 Å². The molecule has 0 radical (unpaired) electrons. The third-order valence-corrected chi connectivity index (χ3v) is 5.32. The molecule has 0 aliphatic carbocycles. The zero-order chi connectivity index (χ0) is 18.1. The third-order valence-electron chi connectivity index (χ3n) is 5.32. The van der Waals surface area contributed by atoms with Gasteiger partial charge < -0.3 is 4.90 Å². The van der Waals surface area contributed by atoms with Gasteiger partial charge in [0.15, 0.2) is 6.19 Å². The van der Waals surface area contributed by atoms with E-state index in [4.69, 9.17) is 5.10 Å². The molecular formula is C22H22N4. The van der Waals surface area contributed by atoms with Crippen molar-refractivity contribution in [3.05, 3.63) is 66.4 Å². The van der Waals surface area contributed by atoms with Crippen molar-refractivity contribution in [2.24, 2.45) is 13.0 Å². The lowest BCUT2D eigenvalue weighted by Gasteiger charge is -2.13. The van der Waals surface area contributed by atoms with Crippen LogP contribution in [0.3, 0.4) is 0 Å². The fraction of sp³-hybridized carbons (Fsp3) is 0.273. The maximum atomic E-state index is 9.19. The zero-order valence-corrected chi connectivity index (χ0v) is 15.1. The quantitative estimate of drug-likeness (QED) is 0.668. The Morgan fingerprint density at radius 3 is 2.42 bits per heavy atom. The second-order valence-electron chi connectivity index (χ2n) is 7.11. The van der Waals surface area contributed by atoms with Crippen LogP contribution < -0.4 is 0 Å². The van der Waals surface area contributed by atoms with E-state index in [2.05, 4.69) is 67.7 Å². The van der Waals surface area contributed by atoms with E-state index in [1.165, 1.54) is 16.8 Å². The highest BCUT2D eigenvalue weighted by atomic mass is 15.3. The van der Waals surface area contributed by atoms with Crippen molar-refractivity contribution in [2.75, 3.05) is 13.1 Å². The molecule has 1 aromatic heterocycles. The Labute approximate surface area is 154 Å². The molecule has 2 atom stereocenters. The molecule has 130 valence electrons. The summed E-state index contributed by atoms with van der Waals surface area (Å²) < 4.78 is 1.98. The summed E-state index contributed by atoms with van der Waals surface area (Å²) in [6.45, 7) is 3.82. The lowest BCUT2D eigenvalue weighted by Crippen LogP contribution is -2.14. The van der Waals surface area contributed by atoms with Crippen LogP contribution in [0.4, 0.5) is 0 Å². The number of rotatable bonds is 3. The molecule has 0 N–H and O–H groups in total. The van der Waals surface area contributed by atoms with E-state index in [0.29, 0.717) is 11.8 Å². The predicted molar refractivity (Wildman–Crippen MR) is 103 cm³/mol. The number of aromatic nitrogens is 2. The average molecular weight is 342 g/mol. The van der Waals surface area contributed by atoms with Crippen LogP contribution in [-0.4, -0.2) is 27.8 Å². The maximum Gasteiger partial charge on any atom is 0.179 e. The molecule has 2 aromatic carbocycles. The van der Waals surface area contributed by atoms with Gasteiger partial charge in [-0.15, -0.1) is 0 Å². The van der Waals surface area contributed by atoms with E-state index in [1.807, 2.05) is 22.7 Å². The Bertz CT molecular complexity index is 952. The van der Waals surface area contributed by atoms with Gasteiger partial charge >= 0.3 is 0 Å². The van der Waals surface area contributed by atoms with Crippen molar-refractivity contribution in [3.63, 3.8) is 0 Å². The molecule has 1 saturated heterocycles. The van der Waals surface area contributed by atoms with Crippen molar-refractivity contribution < 1.29 is 0 Å². The van der Waals surface area contributed by atoms with E-state index in [9.17, 15) is 5.26 Å². The maximum absolute atomic E-state index is 9.19. The van der Waals surface area contributed by atoms with E-state index < -0.39 is 0 Å². The zero-order valence-electron chi connectivity index (χ0n) is 15.1. The minimum atomic E-state index is 0.346. The highest BCUT2D eigenvalue weighted by Crippen LogP contribution is 2.34. The van der Waals surface area contributed by atoms with E-state index in [-0.39, 0.29) is 0 Å². The second-order valence-corrected chi connectivity index (χ2v) is 7.11. The molecule has 0 unspecified atom stereocenters. The minimum Gasteiger partial charge on any atom is -0.310 e. The number of hydrogen-bond donors (Lipinski definition) is 0. The first kappa shape index (κ1) is 16.4. The van der Waals surface area contributed by atoms with Gasteiger partial charge in [-0.2, -0.15) is 10.4 Å². The number of hydrogen-bond acceptors (Lipinski definition) is 3. The van der Waals surface area contributed by atoms with E-state index in [0.717, 1.165) is 24.3 Å². The summed E-state index contributed by atoms with van der Waals surface area (Å²) in [5.74, 6) is 0.798. The summed E-state index contributed by atoms with van der Waals surface area (Å²) in [7, 11) is 2.00. The Morgan fingerprint density at radius 1 is 0.962 bits per heavy atom. The molecule has 26 heavy (non-hydrogen) atoms. The molecule has 4 heteroatoms. The highest BCUT2D eigenvalue weighted by Gasteiger charge is 2.32. The summed E-state index contributed by atoms with van der Waals surface area (Å²) >= 11 is 0. The molecule has 0 spiro atoms. The molecule has 1 aliphatic heterocycles.